The van der Waals surface area contributed by atoms with Gasteiger partial charge in [-0.15, -0.1) is 0 Å². The summed E-state index contributed by atoms with van der Waals surface area (Å²) in [5, 5.41) is 0.521. The fraction of sp³-hybridized carbons (Fsp3) is 0.238. The van der Waals surface area contributed by atoms with Crippen LogP contribution in [0.1, 0.15) is 24.0 Å². The van der Waals surface area contributed by atoms with Crippen LogP contribution >= 0.6 is 11.6 Å². The van der Waals surface area contributed by atoms with Gasteiger partial charge in [0.15, 0.2) is 0 Å². The maximum atomic E-state index is 14.4. The summed E-state index contributed by atoms with van der Waals surface area (Å²) in [6.07, 6.45) is 3.01. The molecule has 0 heterocycles. The van der Waals surface area contributed by atoms with E-state index in [9.17, 15) is 18.4 Å². The molecule has 27 heavy (non-hydrogen) atoms. The summed E-state index contributed by atoms with van der Waals surface area (Å²) in [7, 11) is 3.00. The Morgan fingerprint density at radius 2 is 1.70 bits per heavy atom. The van der Waals surface area contributed by atoms with Crippen molar-refractivity contribution >= 4 is 35.1 Å². The SMILES string of the molecule is C[N+](C)(C(=O)/C(=C/c1ccc(Cl)cc1)c1ccc(F)cc1F)C(=O)C1CC1. The molecule has 1 aliphatic carbocycles. The van der Waals surface area contributed by atoms with Crippen molar-refractivity contribution < 1.29 is 22.9 Å². The van der Waals surface area contributed by atoms with Gasteiger partial charge in [0.1, 0.15) is 11.6 Å². The molecule has 0 radical (unpaired) electrons. The number of quaternary nitrogens is 1. The van der Waals surface area contributed by atoms with Gasteiger partial charge < -0.3 is 0 Å². The van der Waals surface area contributed by atoms with Gasteiger partial charge >= 0.3 is 11.8 Å². The second kappa shape index (κ2) is 7.33. The second-order valence-corrected chi connectivity index (χ2v) is 7.54. The van der Waals surface area contributed by atoms with E-state index in [4.69, 9.17) is 11.6 Å². The molecule has 0 N–H and O–H groups in total. The zero-order valence-corrected chi connectivity index (χ0v) is 15.8. The van der Waals surface area contributed by atoms with Crippen LogP contribution in [-0.4, -0.2) is 30.4 Å². The molecule has 1 fully saturated rings. The quantitative estimate of drug-likeness (QED) is 0.431. The van der Waals surface area contributed by atoms with Gasteiger partial charge in [0.25, 0.3) is 0 Å². The van der Waals surface area contributed by atoms with Crippen molar-refractivity contribution in [2.45, 2.75) is 12.8 Å². The van der Waals surface area contributed by atoms with E-state index in [1.165, 1.54) is 26.2 Å². The summed E-state index contributed by atoms with van der Waals surface area (Å²) in [4.78, 5) is 25.8. The third kappa shape index (κ3) is 4.15. The summed E-state index contributed by atoms with van der Waals surface area (Å²) in [5.74, 6) is -2.49. The highest BCUT2D eigenvalue weighted by molar-refractivity contribution is 6.30. The Balaban J connectivity index is 2.10. The zero-order chi connectivity index (χ0) is 19.8. The lowest BCUT2D eigenvalue weighted by atomic mass is 9.99. The van der Waals surface area contributed by atoms with Crippen molar-refractivity contribution in [2.24, 2.45) is 5.92 Å². The number of carbonyl (C=O) groups excluding carboxylic acids is 2. The van der Waals surface area contributed by atoms with Crippen LogP contribution in [-0.2, 0) is 9.59 Å². The number of imide groups is 1. The number of hydrogen-bond acceptors (Lipinski definition) is 2. The van der Waals surface area contributed by atoms with Gasteiger partial charge in [-0.1, -0.05) is 23.7 Å². The number of hydrogen-bond donors (Lipinski definition) is 0. The van der Waals surface area contributed by atoms with E-state index in [2.05, 4.69) is 0 Å². The first-order valence-electron chi connectivity index (χ1n) is 8.56. The molecule has 0 aliphatic heterocycles. The lowest BCUT2D eigenvalue weighted by Gasteiger charge is -2.25. The van der Waals surface area contributed by atoms with Crippen LogP contribution in [0.4, 0.5) is 8.78 Å². The van der Waals surface area contributed by atoms with Crippen molar-refractivity contribution in [1.82, 2.24) is 0 Å². The highest BCUT2D eigenvalue weighted by Crippen LogP contribution is 2.34. The molecule has 3 nitrogen and oxygen atoms in total. The zero-order valence-electron chi connectivity index (χ0n) is 15.0. The summed E-state index contributed by atoms with van der Waals surface area (Å²) in [5.41, 5.74) is 0.574. The van der Waals surface area contributed by atoms with Gasteiger partial charge in [0.2, 0.25) is 0 Å². The number of amides is 2. The first-order chi connectivity index (χ1) is 12.7. The van der Waals surface area contributed by atoms with Crippen molar-refractivity contribution in [3.05, 3.63) is 70.2 Å². The first-order valence-corrected chi connectivity index (χ1v) is 8.94. The maximum absolute atomic E-state index is 14.4. The molecular weight excluding hydrogens is 372 g/mol. The van der Waals surface area contributed by atoms with Gasteiger partial charge in [-0.25, -0.2) is 18.4 Å². The third-order valence-electron chi connectivity index (χ3n) is 4.62. The topological polar surface area (TPSA) is 34.1 Å². The highest BCUT2D eigenvalue weighted by Gasteiger charge is 2.46. The number of halogens is 3. The van der Waals surface area contributed by atoms with Crippen LogP contribution in [0, 0.1) is 17.6 Å². The van der Waals surface area contributed by atoms with Crippen molar-refractivity contribution in [3.63, 3.8) is 0 Å². The van der Waals surface area contributed by atoms with Gasteiger partial charge in [-0.3, -0.25) is 0 Å². The van der Waals surface area contributed by atoms with E-state index in [1.54, 1.807) is 24.3 Å². The molecule has 0 unspecified atom stereocenters. The number of benzene rings is 2. The molecule has 3 rings (SSSR count). The molecule has 0 bridgehead atoms. The average molecular weight is 391 g/mol. The van der Waals surface area contributed by atoms with Gasteiger partial charge in [0.05, 0.1) is 25.6 Å². The summed E-state index contributed by atoms with van der Waals surface area (Å²) < 4.78 is 27.3. The molecule has 0 aromatic heterocycles. The first kappa shape index (κ1) is 19.4. The Kier molecular flexibility index (Phi) is 5.27. The fourth-order valence-electron chi connectivity index (χ4n) is 2.88. The van der Waals surface area contributed by atoms with E-state index in [-0.39, 0.29) is 23.0 Å². The van der Waals surface area contributed by atoms with Crippen LogP contribution in [0.5, 0.6) is 0 Å². The van der Waals surface area contributed by atoms with Crippen LogP contribution in [0.25, 0.3) is 11.6 Å². The predicted octanol–water partition coefficient (Wildman–Crippen LogP) is 4.70. The third-order valence-corrected chi connectivity index (χ3v) is 4.87. The monoisotopic (exact) mass is 390 g/mol. The molecule has 2 aromatic rings. The molecular formula is C21H19ClF2NO2+. The largest absolute Gasteiger partial charge is 0.353 e. The Morgan fingerprint density at radius 3 is 2.26 bits per heavy atom. The highest BCUT2D eigenvalue weighted by atomic mass is 35.5. The smallest absolute Gasteiger partial charge is 0.230 e. The van der Waals surface area contributed by atoms with Crippen molar-refractivity contribution in [3.8, 4) is 0 Å². The van der Waals surface area contributed by atoms with Crippen LogP contribution in [0.3, 0.4) is 0 Å². The van der Waals surface area contributed by atoms with E-state index in [0.717, 1.165) is 25.0 Å². The second-order valence-electron chi connectivity index (χ2n) is 7.10. The fourth-order valence-corrected chi connectivity index (χ4v) is 3.00. The molecule has 140 valence electrons. The van der Waals surface area contributed by atoms with Crippen molar-refractivity contribution in [2.75, 3.05) is 14.1 Å². The van der Waals surface area contributed by atoms with Gasteiger partial charge in [-0.2, -0.15) is 4.48 Å². The maximum Gasteiger partial charge on any atom is 0.353 e. The standard InChI is InChI=1S/C21H19ClF2NO2/c1-25(2,20(26)14-5-6-14)21(27)18(11-13-3-7-15(22)8-4-13)17-10-9-16(23)12-19(17)24/h3-4,7-12,14H,5-6H2,1-2H3/q+1/b18-11+. The Morgan fingerprint density at radius 1 is 1.07 bits per heavy atom. The number of rotatable bonds is 4. The number of carbonyl (C=O) groups is 2. The van der Waals surface area contributed by atoms with Crippen LogP contribution in [0.2, 0.25) is 5.02 Å². The molecule has 2 amide bonds. The van der Waals surface area contributed by atoms with Gasteiger partial charge in [-0.05, 0) is 48.7 Å². The van der Waals surface area contributed by atoms with Gasteiger partial charge in [0, 0.05) is 16.7 Å². The van der Waals surface area contributed by atoms with Crippen molar-refractivity contribution in [1.29, 1.82) is 0 Å². The number of nitrogens with zero attached hydrogens (tertiary/aromatic N) is 1. The molecule has 0 atom stereocenters. The minimum atomic E-state index is -0.859. The Labute approximate surface area is 161 Å². The average Bonchev–Trinajstić information content (AvgIpc) is 3.45. The Hall–Kier alpha value is -2.37. The number of likely N-dealkylation sites (N-methyl/N-ethyl adjacent to an activating group) is 1. The molecule has 6 heteroatoms. The van der Waals surface area contributed by atoms with E-state index < -0.39 is 22.0 Å². The van der Waals surface area contributed by atoms with E-state index in [1.807, 2.05) is 0 Å². The molecule has 1 saturated carbocycles. The predicted molar refractivity (Wildman–Crippen MR) is 101 cm³/mol. The van der Waals surface area contributed by atoms with E-state index in [0.29, 0.717) is 10.6 Å². The minimum absolute atomic E-state index is 0.00817. The lowest BCUT2D eigenvalue weighted by Crippen LogP contribution is -2.51. The minimum Gasteiger partial charge on any atom is -0.230 e. The molecule has 0 spiro atoms. The summed E-state index contributed by atoms with van der Waals surface area (Å²) in [6.45, 7) is 0. The lowest BCUT2D eigenvalue weighted by molar-refractivity contribution is -0.732. The summed E-state index contributed by atoms with van der Waals surface area (Å²) in [6, 6.07) is 9.67. The molecule has 0 saturated heterocycles. The summed E-state index contributed by atoms with van der Waals surface area (Å²) >= 11 is 5.89. The Bertz CT molecular complexity index is 932. The van der Waals surface area contributed by atoms with E-state index >= 15 is 0 Å². The normalized spacial score (nSPS) is 14.9. The van der Waals surface area contributed by atoms with Crippen LogP contribution in [0.15, 0.2) is 42.5 Å². The molecule has 1 aliphatic rings. The van der Waals surface area contributed by atoms with Crippen LogP contribution < -0.4 is 0 Å². The molecule has 2 aromatic carbocycles.